The zero-order valence-corrected chi connectivity index (χ0v) is 21.2. The molecule has 0 aliphatic rings. The molecule has 10 nitrogen and oxygen atoms in total. The second kappa shape index (κ2) is 12.1. The average Bonchev–Trinajstić information content (AvgIpc) is 2.91. The van der Waals surface area contributed by atoms with Crippen LogP contribution < -0.4 is 16.2 Å². The number of carbonyl (C=O) groups excluding carboxylic acids is 1. The monoisotopic (exact) mass is 546 g/mol. The number of nitro groups is 1. The van der Waals surface area contributed by atoms with Crippen molar-refractivity contribution in [1.82, 2.24) is 9.88 Å². The van der Waals surface area contributed by atoms with Gasteiger partial charge in [-0.15, -0.1) is 0 Å². The first kappa shape index (κ1) is 27.1. The molecular formula is C28H23ClN4O6. The molecule has 0 aliphatic heterocycles. The second-order valence-electron chi connectivity index (χ2n) is 8.63. The fourth-order valence-corrected chi connectivity index (χ4v) is 4.33. The van der Waals surface area contributed by atoms with Gasteiger partial charge < -0.3 is 15.0 Å². The van der Waals surface area contributed by atoms with Crippen molar-refractivity contribution < 1.29 is 19.6 Å². The van der Waals surface area contributed by atoms with Gasteiger partial charge in [0.25, 0.3) is 11.2 Å². The van der Waals surface area contributed by atoms with E-state index in [1.807, 2.05) is 30.3 Å². The summed E-state index contributed by atoms with van der Waals surface area (Å²) in [6.07, 6.45) is 0.446. The fraction of sp³-hybridized carbons (Fsp3) is 0.107. The van der Waals surface area contributed by atoms with E-state index in [0.717, 1.165) is 5.56 Å². The van der Waals surface area contributed by atoms with Crippen LogP contribution in [0, 0.1) is 10.1 Å². The number of anilines is 1. The number of aromatic nitrogens is 1. The molecule has 39 heavy (non-hydrogen) atoms. The normalized spacial score (nSPS) is 11.4. The van der Waals surface area contributed by atoms with Gasteiger partial charge in [0.05, 0.1) is 10.5 Å². The van der Waals surface area contributed by atoms with Gasteiger partial charge >= 0.3 is 6.09 Å². The van der Waals surface area contributed by atoms with Crippen molar-refractivity contribution in [2.24, 2.45) is 0 Å². The molecule has 2 amide bonds. The molecule has 0 saturated carbocycles. The first-order chi connectivity index (χ1) is 18.7. The number of rotatable bonds is 9. The van der Waals surface area contributed by atoms with Gasteiger partial charge in [0.1, 0.15) is 6.04 Å². The van der Waals surface area contributed by atoms with Crippen LogP contribution >= 0.6 is 11.6 Å². The average molecular weight is 547 g/mol. The molecule has 11 heteroatoms. The minimum atomic E-state index is -1.20. The quantitative estimate of drug-likeness (QED) is 0.193. The first-order valence-electron chi connectivity index (χ1n) is 11.8. The molecule has 0 fully saturated rings. The second-order valence-corrected chi connectivity index (χ2v) is 9.07. The Hall–Kier alpha value is -4.96. The SMILES string of the molecule is O=C(O)Nc1cccc(CNC(=O)C(Cc2ccccc2)n2ccc(-c3cc(Cl)ccc3[N+](=O)[O-])cc2=O)c1. The Morgan fingerprint density at radius 1 is 0.974 bits per heavy atom. The van der Waals surface area contributed by atoms with Crippen molar-refractivity contribution in [2.75, 3.05) is 5.32 Å². The van der Waals surface area contributed by atoms with Crippen LogP contribution in [0.3, 0.4) is 0 Å². The zero-order chi connectivity index (χ0) is 27.9. The lowest BCUT2D eigenvalue weighted by Gasteiger charge is -2.20. The smallest absolute Gasteiger partial charge is 0.409 e. The third-order valence-electron chi connectivity index (χ3n) is 5.97. The molecule has 1 unspecified atom stereocenters. The molecule has 0 saturated heterocycles. The van der Waals surface area contributed by atoms with Gasteiger partial charge in [0.2, 0.25) is 5.91 Å². The standard InChI is InChI=1S/C28H23ClN4O6/c29-21-9-10-24(33(38)39)23(16-21)20-11-12-32(26(34)15-20)25(14-18-5-2-1-3-6-18)27(35)30-17-19-7-4-8-22(13-19)31-28(36)37/h1-13,15-16,25,31H,14,17H2,(H,30,35)(H,36,37). The van der Waals surface area contributed by atoms with E-state index in [1.165, 1.54) is 41.1 Å². The van der Waals surface area contributed by atoms with Gasteiger partial charge in [-0.2, -0.15) is 0 Å². The molecule has 4 aromatic rings. The molecule has 0 radical (unpaired) electrons. The molecule has 0 bridgehead atoms. The number of nitrogens with zero attached hydrogens (tertiary/aromatic N) is 2. The highest BCUT2D eigenvalue weighted by atomic mass is 35.5. The summed E-state index contributed by atoms with van der Waals surface area (Å²) in [7, 11) is 0. The number of carbonyl (C=O) groups is 2. The molecule has 1 aromatic heterocycles. The van der Waals surface area contributed by atoms with E-state index in [-0.39, 0.29) is 29.2 Å². The lowest BCUT2D eigenvalue weighted by Crippen LogP contribution is -2.38. The Labute approximate surface area is 227 Å². The van der Waals surface area contributed by atoms with Crippen molar-refractivity contribution in [3.05, 3.63) is 128 Å². The topological polar surface area (TPSA) is 144 Å². The van der Waals surface area contributed by atoms with E-state index in [0.29, 0.717) is 16.8 Å². The first-order valence-corrected chi connectivity index (χ1v) is 12.2. The number of benzene rings is 3. The molecule has 198 valence electrons. The van der Waals surface area contributed by atoms with Gasteiger partial charge in [-0.05, 0) is 47.0 Å². The number of halogens is 1. The van der Waals surface area contributed by atoms with Gasteiger partial charge in [0.15, 0.2) is 0 Å². The molecule has 1 heterocycles. The van der Waals surface area contributed by atoms with E-state index in [1.54, 1.807) is 24.3 Å². The highest BCUT2D eigenvalue weighted by Gasteiger charge is 2.23. The predicted molar refractivity (Wildman–Crippen MR) is 147 cm³/mol. The van der Waals surface area contributed by atoms with Crippen molar-refractivity contribution in [3.63, 3.8) is 0 Å². The largest absolute Gasteiger partial charge is 0.465 e. The summed E-state index contributed by atoms with van der Waals surface area (Å²) in [6.45, 7) is 0.0980. The van der Waals surface area contributed by atoms with Crippen LogP contribution in [0.2, 0.25) is 5.02 Å². The Morgan fingerprint density at radius 3 is 2.41 bits per heavy atom. The molecule has 0 spiro atoms. The Kier molecular flexibility index (Phi) is 8.37. The fourth-order valence-electron chi connectivity index (χ4n) is 4.16. The summed E-state index contributed by atoms with van der Waals surface area (Å²) in [5.41, 5.74) is 1.61. The molecule has 1 atom stereocenters. The van der Waals surface area contributed by atoms with Crippen molar-refractivity contribution in [1.29, 1.82) is 0 Å². The van der Waals surface area contributed by atoms with Crippen LogP contribution in [0.1, 0.15) is 17.2 Å². The molecule has 0 aliphatic carbocycles. The Bertz CT molecular complexity index is 1590. The number of nitro benzene ring substituents is 1. The van der Waals surface area contributed by atoms with Crippen molar-refractivity contribution in [3.8, 4) is 11.1 Å². The Morgan fingerprint density at radius 2 is 1.72 bits per heavy atom. The van der Waals surface area contributed by atoms with Crippen LogP contribution in [0.15, 0.2) is 95.9 Å². The lowest BCUT2D eigenvalue weighted by molar-refractivity contribution is -0.384. The number of amides is 2. The van der Waals surface area contributed by atoms with Crippen LogP contribution in [0.5, 0.6) is 0 Å². The predicted octanol–water partition coefficient (Wildman–Crippen LogP) is 5.27. The third kappa shape index (κ3) is 6.88. The van der Waals surface area contributed by atoms with E-state index < -0.39 is 28.5 Å². The highest BCUT2D eigenvalue weighted by molar-refractivity contribution is 6.31. The zero-order valence-electron chi connectivity index (χ0n) is 20.4. The summed E-state index contributed by atoms with van der Waals surface area (Å²) < 4.78 is 1.28. The van der Waals surface area contributed by atoms with Gasteiger partial charge in [-0.25, -0.2) is 4.79 Å². The number of hydrogen-bond acceptors (Lipinski definition) is 5. The maximum absolute atomic E-state index is 13.4. The molecule has 4 rings (SSSR count). The van der Waals surface area contributed by atoms with E-state index in [9.17, 15) is 24.5 Å². The molecule has 3 N–H and O–H groups in total. The van der Waals surface area contributed by atoms with Crippen LogP contribution in [0.4, 0.5) is 16.2 Å². The van der Waals surface area contributed by atoms with E-state index in [4.69, 9.17) is 16.7 Å². The lowest BCUT2D eigenvalue weighted by atomic mass is 10.0. The number of hydrogen-bond donors (Lipinski definition) is 3. The number of pyridine rings is 1. The summed E-state index contributed by atoms with van der Waals surface area (Å²) in [5, 5.41) is 25.8. The summed E-state index contributed by atoms with van der Waals surface area (Å²) >= 11 is 6.05. The third-order valence-corrected chi connectivity index (χ3v) is 6.20. The van der Waals surface area contributed by atoms with E-state index >= 15 is 0 Å². The maximum Gasteiger partial charge on any atom is 0.409 e. The van der Waals surface area contributed by atoms with Gasteiger partial charge in [-0.1, -0.05) is 54.1 Å². The Balaban J connectivity index is 1.64. The van der Waals surface area contributed by atoms with Crippen LogP contribution in [-0.4, -0.2) is 26.6 Å². The van der Waals surface area contributed by atoms with Crippen LogP contribution in [-0.2, 0) is 17.8 Å². The minimum Gasteiger partial charge on any atom is -0.465 e. The minimum absolute atomic E-state index is 0.0980. The van der Waals surface area contributed by atoms with Crippen LogP contribution in [0.25, 0.3) is 11.1 Å². The van der Waals surface area contributed by atoms with Gasteiger partial charge in [-0.3, -0.25) is 25.0 Å². The van der Waals surface area contributed by atoms with Gasteiger partial charge in [0, 0.05) is 42.0 Å². The molecular weight excluding hydrogens is 524 g/mol. The number of carboxylic acid groups (broad SMARTS) is 1. The maximum atomic E-state index is 13.4. The summed E-state index contributed by atoms with van der Waals surface area (Å²) in [4.78, 5) is 48.5. The van der Waals surface area contributed by atoms with Crippen molar-refractivity contribution in [2.45, 2.75) is 19.0 Å². The van der Waals surface area contributed by atoms with E-state index in [2.05, 4.69) is 10.6 Å². The highest BCUT2D eigenvalue weighted by Crippen LogP contribution is 2.32. The molecule has 3 aromatic carbocycles. The summed E-state index contributed by atoms with van der Waals surface area (Å²) in [5.74, 6) is -0.431. The van der Waals surface area contributed by atoms with Crippen molar-refractivity contribution >= 4 is 35.0 Å². The summed E-state index contributed by atoms with van der Waals surface area (Å²) in [6, 6.07) is 21.7. The number of nitrogens with one attached hydrogen (secondary N) is 2.